The molecule has 0 bridgehead atoms. The van der Waals surface area contributed by atoms with Crippen molar-refractivity contribution in [2.75, 3.05) is 19.0 Å². The lowest BCUT2D eigenvalue weighted by molar-refractivity contribution is -0.141. The Bertz CT molecular complexity index is 412. The molecule has 0 atom stereocenters. The molecule has 0 saturated carbocycles. The third kappa shape index (κ3) is 2.41. The van der Waals surface area contributed by atoms with Gasteiger partial charge in [-0.3, -0.25) is 5.41 Å². The molecule has 0 unspecified atom stereocenters. The summed E-state index contributed by atoms with van der Waals surface area (Å²) in [4.78, 5) is 4.83. The highest BCUT2D eigenvalue weighted by Crippen LogP contribution is 2.29. The number of aromatic nitrogens is 1. The van der Waals surface area contributed by atoms with Gasteiger partial charge in [0.25, 0.3) is 0 Å². The Labute approximate surface area is 90.4 Å². The number of nitrogens with two attached hydrogens (primary N) is 1. The zero-order valence-corrected chi connectivity index (χ0v) is 8.76. The van der Waals surface area contributed by atoms with Crippen LogP contribution in [0.2, 0.25) is 0 Å². The number of halogens is 3. The van der Waals surface area contributed by atoms with Gasteiger partial charge in [-0.1, -0.05) is 0 Å². The van der Waals surface area contributed by atoms with Crippen LogP contribution in [-0.2, 0) is 6.18 Å². The highest BCUT2D eigenvalue weighted by molar-refractivity contribution is 5.99. The van der Waals surface area contributed by atoms with Crippen molar-refractivity contribution >= 4 is 11.7 Å². The van der Waals surface area contributed by atoms with E-state index in [1.54, 1.807) is 0 Å². The summed E-state index contributed by atoms with van der Waals surface area (Å²) in [6.45, 7) is 0. The zero-order chi connectivity index (χ0) is 12.5. The molecule has 1 aromatic heterocycles. The summed E-state index contributed by atoms with van der Waals surface area (Å²) >= 11 is 0. The van der Waals surface area contributed by atoms with E-state index in [0.717, 1.165) is 12.1 Å². The van der Waals surface area contributed by atoms with Gasteiger partial charge in [-0.05, 0) is 12.1 Å². The average molecular weight is 232 g/mol. The molecular formula is C9H11F3N4. The SMILES string of the molecule is CN(C)c1nc(C(F)(F)F)ccc1C(=N)N. The summed E-state index contributed by atoms with van der Waals surface area (Å²) in [6.07, 6.45) is -4.50. The summed E-state index contributed by atoms with van der Waals surface area (Å²) in [5, 5.41) is 7.23. The van der Waals surface area contributed by atoms with E-state index in [1.165, 1.54) is 19.0 Å². The van der Waals surface area contributed by atoms with Gasteiger partial charge in [-0.2, -0.15) is 13.2 Å². The van der Waals surface area contributed by atoms with Crippen LogP contribution in [0.15, 0.2) is 12.1 Å². The molecule has 88 valence electrons. The van der Waals surface area contributed by atoms with Crippen molar-refractivity contribution in [3.05, 3.63) is 23.4 Å². The number of nitrogens with one attached hydrogen (secondary N) is 1. The topological polar surface area (TPSA) is 66.0 Å². The molecule has 0 spiro atoms. The number of pyridine rings is 1. The van der Waals surface area contributed by atoms with Crippen LogP contribution in [0.5, 0.6) is 0 Å². The summed E-state index contributed by atoms with van der Waals surface area (Å²) in [5.41, 5.74) is 4.43. The van der Waals surface area contributed by atoms with Gasteiger partial charge in [-0.15, -0.1) is 0 Å². The molecule has 4 nitrogen and oxygen atoms in total. The lowest BCUT2D eigenvalue weighted by atomic mass is 10.2. The first-order valence-corrected chi connectivity index (χ1v) is 4.33. The number of nitrogens with zero attached hydrogens (tertiary/aromatic N) is 2. The maximum atomic E-state index is 12.4. The molecular weight excluding hydrogens is 221 g/mol. The van der Waals surface area contributed by atoms with Gasteiger partial charge in [0, 0.05) is 14.1 Å². The van der Waals surface area contributed by atoms with E-state index < -0.39 is 11.9 Å². The van der Waals surface area contributed by atoms with Gasteiger partial charge in [-0.25, -0.2) is 4.98 Å². The molecule has 1 aromatic rings. The van der Waals surface area contributed by atoms with Crippen LogP contribution in [-0.4, -0.2) is 24.9 Å². The first-order valence-electron chi connectivity index (χ1n) is 4.33. The second kappa shape index (κ2) is 3.99. The average Bonchev–Trinajstić information content (AvgIpc) is 2.15. The minimum Gasteiger partial charge on any atom is -0.384 e. The standard InChI is InChI=1S/C9H11F3N4/c1-16(2)8-5(7(13)14)3-4-6(15-8)9(10,11)12/h3-4H,1-2H3,(H3,13,14). The number of rotatable bonds is 2. The Hall–Kier alpha value is -1.79. The van der Waals surface area contributed by atoms with Crippen molar-refractivity contribution in [2.24, 2.45) is 5.73 Å². The monoisotopic (exact) mass is 232 g/mol. The van der Waals surface area contributed by atoms with Crippen LogP contribution >= 0.6 is 0 Å². The van der Waals surface area contributed by atoms with Crippen molar-refractivity contribution in [3.63, 3.8) is 0 Å². The predicted molar refractivity (Wildman–Crippen MR) is 54.6 cm³/mol. The van der Waals surface area contributed by atoms with Crippen LogP contribution in [0.1, 0.15) is 11.3 Å². The first-order chi connectivity index (χ1) is 7.23. The molecule has 1 rings (SSSR count). The number of anilines is 1. The third-order valence-electron chi connectivity index (χ3n) is 1.88. The normalized spacial score (nSPS) is 11.3. The molecule has 0 aliphatic rings. The van der Waals surface area contributed by atoms with Gasteiger partial charge < -0.3 is 10.6 Å². The summed E-state index contributed by atoms with van der Waals surface area (Å²) < 4.78 is 37.2. The summed E-state index contributed by atoms with van der Waals surface area (Å²) in [7, 11) is 3.07. The van der Waals surface area contributed by atoms with Crippen molar-refractivity contribution in [3.8, 4) is 0 Å². The van der Waals surface area contributed by atoms with Crippen molar-refractivity contribution in [1.29, 1.82) is 5.41 Å². The third-order valence-corrected chi connectivity index (χ3v) is 1.88. The minimum atomic E-state index is -4.50. The van der Waals surface area contributed by atoms with Crippen LogP contribution in [0, 0.1) is 5.41 Å². The largest absolute Gasteiger partial charge is 0.433 e. The van der Waals surface area contributed by atoms with E-state index in [4.69, 9.17) is 11.1 Å². The fraction of sp³-hybridized carbons (Fsp3) is 0.333. The van der Waals surface area contributed by atoms with E-state index in [9.17, 15) is 13.2 Å². The molecule has 3 N–H and O–H groups in total. The molecule has 7 heteroatoms. The first kappa shape index (κ1) is 12.3. The quantitative estimate of drug-likeness (QED) is 0.599. The molecule has 0 aromatic carbocycles. The van der Waals surface area contributed by atoms with E-state index in [0.29, 0.717) is 0 Å². The van der Waals surface area contributed by atoms with E-state index >= 15 is 0 Å². The van der Waals surface area contributed by atoms with Crippen LogP contribution < -0.4 is 10.6 Å². The zero-order valence-electron chi connectivity index (χ0n) is 8.76. The molecule has 0 fully saturated rings. The number of hydrogen-bond donors (Lipinski definition) is 2. The Kier molecular flexibility index (Phi) is 3.06. The van der Waals surface area contributed by atoms with Crippen LogP contribution in [0.3, 0.4) is 0 Å². The molecule has 0 amide bonds. The Balaban J connectivity index is 3.34. The predicted octanol–water partition coefficient (Wildman–Crippen LogP) is 1.45. The van der Waals surface area contributed by atoms with Crippen LogP contribution in [0.4, 0.5) is 19.0 Å². The Morgan fingerprint density at radius 1 is 1.38 bits per heavy atom. The number of alkyl halides is 3. The fourth-order valence-electron chi connectivity index (χ4n) is 1.16. The molecule has 1 heterocycles. The van der Waals surface area contributed by atoms with Gasteiger partial charge >= 0.3 is 6.18 Å². The second-order valence-corrected chi connectivity index (χ2v) is 3.37. The molecule has 0 radical (unpaired) electrons. The van der Waals surface area contributed by atoms with Crippen LogP contribution in [0.25, 0.3) is 0 Å². The smallest absolute Gasteiger partial charge is 0.384 e. The number of amidine groups is 1. The molecule has 0 aliphatic carbocycles. The summed E-state index contributed by atoms with van der Waals surface area (Å²) in [6, 6.07) is 1.96. The molecule has 16 heavy (non-hydrogen) atoms. The maximum absolute atomic E-state index is 12.4. The van der Waals surface area contributed by atoms with Crippen molar-refractivity contribution in [2.45, 2.75) is 6.18 Å². The Morgan fingerprint density at radius 2 is 1.94 bits per heavy atom. The highest BCUT2D eigenvalue weighted by atomic mass is 19.4. The van der Waals surface area contributed by atoms with E-state index in [1.807, 2.05) is 0 Å². The van der Waals surface area contributed by atoms with Crippen molar-refractivity contribution in [1.82, 2.24) is 4.98 Å². The maximum Gasteiger partial charge on any atom is 0.433 e. The van der Waals surface area contributed by atoms with E-state index in [-0.39, 0.29) is 17.2 Å². The molecule has 0 aliphatic heterocycles. The van der Waals surface area contributed by atoms with E-state index in [2.05, 4.69) is 4.98 Å². The molecule has 0 saturated heterocycles. The minimum absolute atomic E-state index is 0.0299. The van der Waals surface area contributed by atoms with Gasteiger partial charge in [0.05, 0.1) is 5.56 Å². The fourth-order valence-corrected chi connectivity index (χ4v) is 1.16. The highest BCUT2D eigenvalue weighted by Gasteiger charge is 2.33. The number of nitrogen functional groups attached to an aromatic ring is 1. The van der Waals surface area contributed by atoms with Gasteiger partial charge in [0.2, 0.25) is 0 Å². The van der Waals surface area contributed by atoms with Crippen molar-refractivity contribution < 1.29 is 13.2 Å². The summed E-state index contributed by atoms with van der Waals surface area (Å²) in [5.74, 6) is -0.285. The lowest BCUT2D eigenvalue weighted by Crippen LogP contribution is -2.22. The Morgan fingerprint density at radius 3 is 2.31 bits per heavy atom. The number of hydrogen-bond acceptors (Lipinski definition) is 3. The second-order valence-electron chi connectivity index (χ2n) is 3.37. The van der Waals surface area contributed by atoms with Gasteiger partial charge in [0.1, 0.15) is 17.3 Å². The van der Waals surface area contributed by atoms with Gasteiger partial charge in [0.15, 0.2) is 0 Å². The lowest BCUT2D eigenvalue weighted by Gasteiger charge is -2.17.